The Hall–Kier alpha value is -2.17. The molecule has 0 bridgehead atoms. The second-order valence-corrected chi connectivity index (χ2v) is 4.09. The Morgan fingerprint density at radius 1 is 1.59 bits per heavy atom. The van der Waals surface area contributed by atoms with Gasteiger partial charge in [0.15, 0.2) is 5.82 Å². The van der Waals surface area contributed by atoms with Gasteiger partial charge in [0.05, 0.1) is 18.8 Å². The number of rotatable bonds is 4. The fraction of sp³-hybridized carbons (Fsp3) is 0.636. The van der Waals surface area contributed by atoms with E-state index in [9.17, 15) is 13.2 Å². The lowest BCUT2D eigenvalue weighted by atomic mass is 10.1. The van der Waals surface area contributed by atoms with Crippen molar-refractivity contribution in [2.24, 2.45) is 4.99 Å². The molecule has 0 saturated carbocycles. The molecule has 0 amide bonds. The number of hydrogen-bond acceptors (Lipinski definition) is 7. The second kappa shape index (κ2) is 8.32. The molecule has 0 fully saturated rings. The van der Waals surface area contributed by atoms with Crippen LogP contribution < -0.4 is 5.32 Å². The molecule has 0 radical (unpaired) electrons. The van der Waals surface area contributed by atoms with Gasteiger partial charge in [0, 0.05) is 13.2 Å². The minimum Gasteiger partial charge on any atom is -0.475 e. The Balaban J connectivity index is 0.000000295. The van der Waals surface area contributed by atoms with Gasteiger partial charge < -0.3 is 19.7 Å². The highest BCUT2D eigenvalue weighted by Crippen LogP contribution is 2.15. The van der Waals surface area contributed by atoms with Gasteiger partial charge in [-0.25, -0.2) is 4.79 Å². The smallest absolute Gasteiger partial charge is 0.475 e. The summed E-state index contributed by atoms with van der Waals surface area (Å²) in [5, 5.41) is 14.0. The van der Waals surface area contributed by atoms with E-state index in [0.29, 0.717) is 31.5 Å². The molecular weight excluding hydrogens is 309 g/mol. The number of nitrogens with one attached hydrogen (secondary N) is 1. The number of carbonyl (C=O) groups is 1. The Morgan fingerprint density at radius 2 is 2.27 bits per heavy atom. The van der Waals surface area contributed by atoms with Crippen LogP contribution in [-0.2, 0) is 16.1 Å². The molecule has 1 aliphatic heterocycles. The quantitative estimate of drug-likeness (QED) is 0.848. The average molecular weight is 324 g/mol. The number of nitrogens with zero attached hydrogens (tertiary/aromatic N) is 3. The molecule has 1 aromatic heterocycles. The van der Waals surface area contributed by atoms with Crippen LogP contribution in [0.2, 0.25) is 0 Å². The average Bonchev–Trinajstić information content (AvgIpc) is 2.94. The number of aliphatic carboxylic acids is 1. The van der Waals surface area contributed by atoms with Crippen LogP contribution in [0, 0.1) is 0 Å². The van der Waals surface area contributed by atoms with Crippen molar-refractivity contribution in [1.82, 2.24) is 15.5 Å². The molecule has 2 N–H and O–H groups in total. The second-order valence-electron chi connectivity index (χ2n) is 4.09. The molecule has 1 aliphatic rings. The lowest BCUT2D eigenvalue weighted by molar-refractivity contribution is -0.192. The first-order valence-electron chi connectivity index (χ1n) is 6.26. The van der Waals surface area contributed by atoms with E-state index in [1.807, 2.05) is 6.92 Å². The summed E-state index contributed by atoms with van der Waals surface area (Å²) < 4.78 is 42.1. The van der Waals surface area contributed by atoms with Gasteiger partial charge in [-0.15, -0.1) is 0 Å². The van der Waals surface area contributed by atoms with E-state index in [2.05, 4.69) is 20.4 Å². The molecule has 0 saturated heterocycles. The zero-order valence-corrected chi connectivity index (χ0v) is 11.6. The fourth-order valence-electron chi connectivity index (χ4n) is 1.35. The predicted molar refractivity (Wildman–Crippen MR) is 67.4 cm³/mol. The van der Waals surface area contributed by atoms with Gasteiger partial charge in [0.2, 0.25) is 5.89 Å². The first-order chi connectivity index (χ1) is 10.3. The Labute approximate surface area is 123 Å². The van der Waals surface area contributed by atoms with E-state index < -0.39 is 12.1 Å². The summed E-state index contributed by atoms with van der Waals surface area (Å²) in [6.45, 7) is 4.48. The summed E-state index contributed by atoms with van der Waals surface area (Å²) in [5.41, 5.74) is 0. The summed E-state index contributed by atoms with van der Waals surface area (Å²) in [5.74, 6) is -1.35. The molecule has 11 heteroatoms. The number of carboxylic acids is 1. The number of aromatic nitrogens is 2. The van der Waals surface area contributed by atoms with Crippen LogP contribution in [-0.4, -0.2) is 53.4 Å². The van der Waals surface area contributed by atoms with Crippen LogP contribution in [0.1, 0.15) is 24.6 Å². The SMILES string of the molecule is CCOCc1noc(C2CN=CNC2)n1.O=C(O)C(F)(F)F. The molecule has 0 aromatic carbocycles. The maximum Gasteiger partial charge on any atom is 0.490 e. The van der Waals surface area contributed by atoms with Crippen molar-refractivity contribution in [1.29, 1.82) is 0 Å². The number of alkyl halides is 3. The maximum absolute atomic E-state index is 10.6. The Kier molecular flexibility index (Phi) is 6.76. The van der Waals surface area contributed by atoms with Crippen molar-refractivity contribution in [2.45, 2.75) is 25.6 Å². The summed E-state index contributed by atoms with van der Waals surface area (Å²) >= 11 is 0. The largest absolute Gasteiger partial charge is 0.490 e. The van der Waals surface area contributed by atoms with Gasteiger partial charge in [0.1, 0.15) is 6.61 Å². The summed E-state index contributed by atoms with van der Waals surface area (Å²) in [6.07, 6.45) is -3.38. The third-order valence-corrected chi connectivity index (χ3v) is 2.38. The van der Waals surface area contributed by atoms with Gasteiger partial charge in [-0.2, -0.15) is 18.2 Å². The minimum absolute atomic E-state index is 0.179. The maximum atomic E-state index is 10.6. The molecule has 124 valence electrons. The van der Waals surface area contributed by atoms with E-state index in [1.165, 1.54) is 0 Å². The highest BCUT2D eigenvalue weighted by Gasteiger charge is 2.38. The van der Waals surface area contributed by atoms with Crippen molar-refractivity contribution in [3.05, 3.63) is 11.7 Å². The third kappa shape index (κ3) is 6.08. The normalized spacial score (nSPS) is 17.4. The first-order valence-corrected chi connectivity index (χ1v) is 6.26. The fourth-order valence-corrected chi connectivity index (χ4v) is 1.35. The lowest BCUT2D eigenvalue weighted by Gasteiger charge is -2.13. The zero-order chi connectivity index (χ0) is 16.6. The topological polar surface area (TPSA) is 110 Å². The Bertz CT molecular complexity index is 504. The summed E-state index contributed by atoms with van der Waals surface area (Å²) in [7, 11) is 0. The van der Waals surface area contributed by atoms with Crippen LogP contribution in [0.5, 0.6) is 0 Å². The third-order valence-electron chi connectivity index (χ3n) is 2.38. The van der Waals surface area contributed by atoms with Gasteiger partial charge >= 0.3 is 12.1 Å². The zero-order valence-electron chi connectivity index (χ0n) is 11.6. The molecule has 8 nitrogen and oxygen atoms in total. The molecule has 0 aliphatic carbocycles. The van der Waals surface area contributed by atoms with Gasteiger partial charge in [-0.1, -0.05) is 5.16 Å². The van der Waals surface area contributed by atoms with Crippen LogP contribution in [0.15, 0.2) is 9.52 Å². The molecule has 22 heavy (non-hydrogen) atoms. The van der Waals surface area contributed by atoms with Gasteiger partial charge in [0.25, 0.3) is 0 Å². The number of aliphatic imine (C=N–C) groups is 1. The van der Waals surface area contributed by atoms with E-state index in [0.717, 1.165) is 6.54 Å². The van der Waals surface area contributed by atoms with Gasteiger partial charge in [-0.05, 0) is 6.92 Å². The van der Waals surface area contributed by atoms with Crippen LogP contribution in [0.4, 0.5) is 13.2 Å². The standard InChI is InChI=1S/C9H14N4O2.C2HF3O2/c1-2-14-5-8-12-9(15-13-8)7-3-10-6-11-4-7;3-2(4,5)1(6)7/h6-7H,2-5H2,1H3,(H,10,11);(H,6,7). The molecule has 2 heterocycles. The van der Waals surface area contributed by atoms with E-state index >= 15 is 0 Å². The monoisotopic (exact) mass is 324 g/mol. The molecule has 0 spiro atoms. The number of ether oxygens (including phenoxy) is 1. The number of carboxylic acid groups (broad SMARTS) is 1. The van der Waals surface area contributed by atoms with Crippen molar-refractivity contribution in [2.75, 3.05) is 19.7 Å². The van der Waals surface area contributed by atoms with E-state index in [-0.39, 0.29) is 5.92 Å². The van der Waals surface area contributed by atoms with Crippen molar-refractivity contribution >= 4 is 12.3 Å². The minimum atomic E-state index is -5.08. The lowest BCUT2D eigenvalue weighted by Crippen LogP contribution is -2.27. The number of hydrogen-bond donors (Lipinski definition) is 2. The molecular formula is C11H15F3N4O4. The molecule has 2 rings (SSSR count). The molecule has 1 unspecified atom stereocenters. The van der Waals surface area contributed by atoms with Crippen LogP contribution in [0.3, 0.4) is 0 Å². The van der Waals surface area contributed by atoms with E-state index in [4.69, 9.17) is 19.2 Å². The number of halogens is 3. The Morgan fingerprint density at radius 3 is 2.77 bits per heavy atom. The summed E-state index contributed by atoms with van der Waals surface area (Å²) in [6, 6.07) is 0. The van der Waals surface area contributed by atoms with E-state index in [1.54, 1.807) is 6.34 Å². The molecule has 1 aromatic rings. The first kappa shape index (κ1) is 17.9. The van der Waals surface area contributed by atoms with Crippen LogP contribution in [0.25, 0.3) is 0 Å². The summed E-state index contributed by atoms with van der Waals surface area (Å²) in [4.78, 5) is 17.3. The highest BCUT2D eigenvalue weighted by molar-refractivity contribution is 5.73. The van der Waals surface area contributed by atoms with Crippen molar-refractivity contribution in [3.8, 4) is 0 Å². The van der Waals surface area contributed by atoms with Crippen LogP contribution >= 0.6 is 0 Å². The predicted octanol–water partition coefficient (Wildman–Crippen LogP) is 0.954. The molecule has 1 atom stereocenters. The highest BCUT2D eigenvalue weighted by atomic mass is 19.4. The van der Waals surface area contributed by atoms with Gasteiger partial charge in [-0.3, -0.25) is 4.99 Å². The van der Waals surface area contributed by atoms with Crippen molar-refractivity contribution < 1.29 is 32.3 Å². The van der Waals surface area contributed by atoms with Crippen molar-refractivity contribution in [3.63, 3.8) is 0 Å².